The number of anilines is 1. The molecule has 0 saturated carbocycles. The van der Waals surface area contributed by atoms with Crippen LogP contribution in [0.15, 0.2) is 64.2 Å². The summed E-state index contributed by atoms with van der Waals surface area (Å²) >= 11 is 3.50. The summed E-state index contributed by atoms with van der Waals surface area (Å²) in [6.07, 6.45) is 1.08. The van der Waals surface area contributed by atoms with Gasteiger partial charge in [0.2, 0.25) is 11.8 Å². The van der Waals surface area contributed by atoms with Crippen LogP contribution in [0.4, 0.5) is 5.69 Å². The van der Waals surface area contributed by atoms with E-state index in [1.54, 1.807) is 24.3 Å². The van der Waals surface area contributed by atoms with Gasteiger partial charge in [0.1, 0.15) is 13.0 Å². The van der Waals surface area contributed by atoms with Gasteiger partial charge in [-0.3, -0.25) is 9.59 Å². The normalized spacial score (nSPS) is 10.6. The fourth-order valence-electron chi connectivity index (χ4n) is 3.48. The third kappa shape index (κ3) is 7.92. The number of hydrogen-bond donors (Lipinski definition) is 2. The van der Waals surface area contributed by atoms with E-state index in [9.17, 15) is 14.9 Å². The van der Waals surface area contributed by atoms with Crippen molar-refractivity contribution >= 4 is 39.6 Å². The van der Waals surface area contributed by atoms with Gasteiger partial charge in [0, 0.05) is 11.3 Å². The predicted octanol–water partition coefficient (Wildman–Crippen LogP) is 5.39. The van der Waals surface area contributed by atoms with Crippen molar-refractivity contribution in [1.82, 2.24) is 5.43 Å². The highest BCUT2D eigenvalue weighted by atomic mass is 79.9. The topological polar surface area (TPSA) is 113 Å². The Morgan fingerprint density at radius 3 is 2.59 bits per heavy atom. The molecule has 0 bridgehead atoms. The molecule has 190 valence electrons. The van der Waals surface area contributed by atoms with Gasteiger partial charge in [0.15, 0.2) is 11.5 Å². The fraction of sp³-hybridized carbons (Fsp3) is 0.214. The molecule has 0 unspecified atom stereocenters. The number of carbonyl (C=O) groups excluding carboxylic acids is 2. The minimum atomic E-state index is -0.543. The summed E-state index contributed by atoms with van der Waals surface area (Å²) in [5.74, 6) is -0.00925. The van der Waals surface area contributed by atoms with Crippen LogP contribution in [0.5, 0.6) is 11.5 Å². The minimum Gasteiger partial charge on any atom is -0.490 e. The molecule has 2 N–H and O–H groups in total. The summed E-state index contributed by atoms with van der Waals surface area (Å²) in [7, 11) is 0. The number of amides is 2. The van der Waals surface area contributed by atoms with Crippen molar-refractivity contribution in [2.75, 3.05) is 11.9 Å². The van der Waals surface area contributed by atoms with Crippen molar-refractivity contribution in [1.29, 1.82) is 5.26 Å². The zero-order chi connectivity index (χ0) is 26.8. The second-order valence-corrected chi connectivity index (χ2v) is 9.01. The number of carbonyl (C=O) groups is 2. The minimum absolute atomic E-state index is 0.191. The molecular weight excluding hydrogens is 536 g/mol. The number of nitriles is 1. The first kappa shape index (κ1) is 27.4. The zero-order valence-electron chi connectivity index (χ0n) is 20.8. The Hall–Kier alpha value is -4.16. The van der Waals surface area contributed by atoms with Gasteiger partial charge in [-0.15, -0.1) is 0 Å². The number of nitrogens with one attached hydrogen (secondary N) is 2. The quantitative estimate of drug-likeness (QED) is 0.195. The number of hydrogen-bond acceptors (Lipinski definition) is 6. The van der Waals surface area contributed by atoms with E-state index in [1.165, 1.54) is 6.21 Å². The Labute approximate surface area is 224 Å². The van der Waals surface area contributed by atoms with Crippen LogP contribution in [0.2, 0.25) is 0 Å². The first-order valence-electron chi connectivity index (χ1n) is 11.6. The fourth-order valence-corrected chi connectivity index (χ4v) is 4.06. The summed E-state index contributed by atoms with van der Waals surface area (Å²) < 4.78 is 12.3. The smallest absolute Gasteiger partial charge is 0.249 e. The van der Waals surface area contributed by atoms with Crippen molar-refractivity contribution in [2.45, 2.75) is 33.8 Å². The highest BCUT2D eigenvalue weighted by Crippen LogP contribution is 2.37. The summed E-state index contributed by atoms with van der Waals surface area (Å²) in [5, 5.41) is 16.0. The van der Waals surface area contributed by atoms with Gasteiger partial charge in [-0.05, 0) is 72.1 Å². The molecule has 3 aromatic carbocycles. The molecule has 0 aromatic heterocycles. The number of aryl methyl sites for hydroxylation is 2. The van der Waals surface area contributed by atoms with E-state index in [0.717, 1.165) is 16.7 Å². The van der Waals surface area contributed by atoms with E-state index in [4.69, 9.17) is 9.47 Å². The Morgan fingerprint density at radius 1 is 1.08 bits per heavy atom. The predicted molar refractivity (Wildman–Crippen MR) is 146 cm³/mol. The van der Waals surface area contributed by atoms with Crippen molar-refractivity contribution in [3.05, 3.63) is 86.9 Å². The molecule has 0 aliphatic rings. The lowest BCUT2D eigenvalue weighted by atomic mass is 10.1. The lowest BCUT2D eigenvalue weighted by Gasteiger charge is -2.15. The number of halogens is 1. The first-order chi connectivity index (χ1) is 17.8. The summed E-state index contributed by atoms with van der Waals surface area (Å²) in [4.78, 5) is 24.4. The maximum Gasteiger partial charge on any atom is 0.249 e. The van der Waals surface area contributed by atoms with E-state index in [-0.39, 0.29) is 13.0 Å². The Bertz CT molecular complexity index is 1360. The Morgan fingerprint density at radius 2 is 1.86 bits per heavy atom. The van der Waals surface area contributed by atoms with Crippen molar-refractivity contribution in [3.63, 3.8) is 0 Å². The number of ether oxygens (including phenoxy) is 2. The molecule has 3 rings (SSSR count). The molecule has 0 aliphatic heterocycles. The summed E-state index contributed by atoms with van der Waals surface area (Å²) in [6.45, 7) is 6.31. The molecule has 0 fully saturated rings. The van der Waals surface area contributed by atoms with Crippen LogP contribution in [0.3, 0.4) is 0 Å². The molecule has 8 nitrogen and oxygen atoms in total. The molecule has 0 heterocycles. The van der Waals surface area contributed by atoms with Crippen LogP contribution in [0.1, 0.15) is 41.2 Å². The largest absolute Gasteiger partial charge is 0.490 e. The molecule has 0 atom stereocenters. The third-order valence-corrected chi connectivity index (χ3v) is 5.81. The van der Waals surface area contributed by atoms with Crippen molar-refractivity contribution in [3.8, 4) is 17.6 Å². The number of rotatable bonds is 10. The molecule has 0 aliphatic carbocycles. The van der Waals surface area contributed by atoms with Crippen LogP contribution < -0.4 is 20.2 Å². The van der Waals surface area contributed by atoms with Gasteiger partial charge in [-0.25, -0.2) is 5.43 Å². The molecule has 37 heavy (non-hydrogen) atoms. The molecule has 0 spiro atoms. The molecule has 3 aromatic rings. The SMILES string of the molecule is CCOc1cc(C=NNC(=O)CC(=O)Nc2ccc(C)cc2C)cc(Br)c1OCc1ccccc1C#N. The monoisotopic (exact) mass is 562 g/mol. The van der Waals surface area contributed by atoms with Crippen molar-refractivity contribution in [2.24, 2.45) is 5.10 Å². The molecule has 2 amide bonds. The third-order valence-electron chi connectivity index (χ3n) is 5.22. The lowest BCUT2D eigenvalue weighted by molar-refractivity contribution is -0.126. The highest BCUT2D eigenvalue weighted by molar-refractivity contribution is 9.10. The summed E-state index contributed by atoms with van der Waals surface area (Å²) in [5.41, 5.74) is 6.98. The number of hydrazone groups is 1. The Balaban J connectivity index is 1.62. The zero-order valence-corrected chi connectivity index (χ0v) is 22.4. The maximum atomic E-state index is 12.2. The molecule has 9 heteroatoms. The van der Waals surface area contributed by atoms with Crippen LogP contribution in [-0.4, -0.2) is 24.6 Å². The van der Waals surface area contributed by atoms with E-state index >= 15 is 0 Å². The van der Waals surface area contributed by atoms with Gasteiger partial charge in [-0.1, -0.05) is 35.9 Å². The van der Waals surface area contributed by atoms with Gasteiger partial charge in [0.25, 0.3) is 0 Å². The van der Waals surface area contributed by atoms with E-state index in [0.29, 0.717) is 39.4 Å². The summed E-state index contributed by atoms with van der Waals surface area (Å²) in [6, 6.07) is 18.5. The molecule has 0 radical (unpaired) electrons. The lowest BCUT2D eigenvalue weighted by Crippen LogP contribution is -2.24. The van der Waals surface area contributed by atoms with Crippen LogP contribution in [0.25, 0.3) is 0 Å². The average molecular weight is 563 g/mol. The molecular formula is C28H27BrN4O4. The number of nitrogens with zero attached hydrogens (tertiary/aromatic N) is 2. The standard InChI is InChI=1S/C28H27BrN4O4/c1-4-36-25-13-20(12-23(29)28(25)37-17-22-8-6-5-7-21(22)15-30)16-31-33-27(35)14-26(34)32-24-10-9-18(2)11-19(24)3/h5-13,16H,4,14,17H2,1-3H3,(H,32,34)(H,33,35). The first-order valence-corrected chi connectivity index (χ1v) is 12.4. The second kappa shape index (κ2) is 13.2. The maximum absolute atomic E-state index is 12.2. The van der Waals surface area contributed by atoms with Crippen LogP contribution in [0, 0.1) is 25.2 Å². The van der Waals surface area contributed by atoms with E-state index in [1.807, 2.05) is 51.1 Å². The van der Waals surface area contributed by atoms with E-state index < -0.39 is 11.8 Å². The van der Waals surface area contributed by atoms with Crippen LogP contribution in [-0.2, 0) is 16.2 Å². The average Bonchev–Trinajstić information content (AvgIpc) is 2.85. The van der Waals surface area contributed by atoms with Gasteiger partial charge in [-0.2, -0.15) is 10.4 Å². The number of benzene rings is 3. The second-order valence-electron chi connectivity index (χ2n) is 8.16. The van der Waals surface area contributed by atoms with E-state index in [2.05, 4.69) is 37.8 Å². The highest BCUT2D eigenvalue weighted by Gasteiger charge is 2.14. The van der Waals surface area contributed by atoms with Gasteiger partial charge >= 0.3 is 0 Å². The van der Waals surface area contributed by atoms with Gasteiger partial charge < -0.3 is 14.8 Å². The van der Waals surface area contributed by atoms with Gasteiger partial charge in [0.05, 0.1) is 28.9 Å². The molecule has 0 saturated heterocycles. The Kier molecular flexibility index (Phi) is 9.81. The van der Waals surface area contributed by atoms with Crippen molar-refractivity contribution < 1.29 is 19.1 Å². The van der Waals surface area contributed by atoms with Crippen LogP contribution >= 0.6 is 15.9 Å².